The van der Waals surface area contributed by atoms with Crippen LogP contribution in [0.3, 0.4) is 0 Å². The molecule has 0 aromatic carbocycles. The molecule has 23 heavy (non-hydrogen) atoms. The normalized spacial score (nSPS) is 18.6. The Labute approximate surface area is 149 Å². The van der Waals surface area contributed by atoms with Crippen molar-refractivity contribution in [2.45, 2.75) is 106 Å². The summed E-state index contributed by atoms with van der Waals surface area (Å²) in [6.07, 6.45) is 9.91. The molecule has 0 spiro atoms. The van der Waals surface area contributed by atoms with Gasteiger partial charge in [-0.15, -0.1) is 0 Å². The Bertz CT molecular complexity index is 398. The Morgan fingerprint density at radius 1 is 0.913 bits per heavy atom. The molecule has 0 saturated carbocycles. The average molecular weight is 427 g/mol. The van der Waals surface area contributed by atoms with Crippen molar-refractivity contribution in [1.82, 2.24) is 0 Å². The molecule has 0 radical (unpaired) electrons. The van der Waals surface area contributed by atoms with Gasteiger partial charge in [0.1, 0.15) is 0 Å². The summed E-state index contributed by atoms with van der Waals surface area (Å²) in [6, 6.07) is 0. The summed E-state index contributed by atoms with van der Waals surface area (Å²) in [5.74, 6) is 0.463. The molecule has 134 valence electrons. The first-order chi connectivity index (χ1) is 10.8. The predicted molar refractivity (Wildman–Crippen MR) is 106 cm³/mol. The molecule has 0 N–H and O–H groups in total. The van der Waals surface area contributed by atoms with E-state index < -0.39 is 18.4 Å². The van der Waals surface area contributed by atoms with Crippen LogP contribution in [0, 0.1) is 5.41 Å². The van der Waals surface area contributed by atoms with Crippen LogP contribution in [0.2, 0.25) is 13.3 Å². The van der Waals surface area contributed by atoms with Gasteiger partial charge in [-0.25, -0.2) is 0 Å². The standard InChI is InChI=1S/C9H13O.3C4H9.Sn/c1-7-6-9(2,3)5-4-8(7)10;3*1-3-4-2;/h4-5H2,1-3H3;3*1,3-4H2,2H3;. The second kappa shape index (κ2) is 9.63. The summed E-state index contributed by atoms with van der Waals surface area (Å²) in [7, 11) is 0. The first-order valence-corrected chi connectivity index (χ1v) is 17.6. The monoisotopic (exact) mass is 428 g/mol. The predicted octanol–water partition coefficient (Wildman–Crippen LogP) is 7.08. The van der Waals surface area contributed by atoms with Crippen LogP contribution in [0.4, 0.5) is 0 Å². The number of allylic oxidation sites excluding steroid dienone is 2. The molecular weight excluding hydrogens is 387 g/mol. The number of carbonyl (C=O) groups is 1. The third kappa shape index (κ3) is 5.34. The van der Waals surface area contributed by atoms with Crippen molar-refractivity contribution in [2.24, 2.45) is 5.41 Å². The van der Waals surface area contributed by atoms with E-state index in [2.05, 4.69) is 41.5 Å². The van der Waals surface area contributed by atoms with Gasteiger partial charge in [-0.1, -0.05) is 0 Å². The molecule has 2 heteroatoms. The molecule has 0 saturated heterocycles. The molecule has 1 aliphatic rings. The van der Waals surface area contributed by atoms with Gasteiger partial charge in [0.05, 0.1) is 0 Å². The van der Waals surface area contributed by atoms with Gasteiger partial charge >= 0.3 is 150 Å². The topological polar surface area (TPSA) is 17.1 Å². The molecule has 0 aliphatic heterocycles. The van der Waals surface area contributed by atoms with Crippen molar-refractivity contribution in [3.63, 3.8) is 0 Å². The zero-order valence-electron chi connectivity index (χ0n) is 16.7. The summed E-state index contributed by atoms with van der Waals surface area (Å²) in [6.45, 7) is 14.0. The maximum atomic E-state index is 12.5. The Morgan fingerprint density at radius 3 is 1.74 bits per heavy atom. The molecule has 0 atom stereocenters. The van der Waals surface area contributed by atoms with Crippen molar-refractivity contribution < 1.29 is 4.79 Å². The molecule has 0 unspecified atom stereocenters. The Kier molecular flexibility index (Phi) is 8.90. The fourth-order valence-corrected chi connectivity index (χ4v) is 25.0. The second-order valence-electron chi connectivity index (χ2n) is 8.40. The molecular formula is C21H40OSn. The van der Waals surface area contributed by atoms with Gasteiger partial charge in [-0.3, -0.25) is 0 Å². The van der Waals surface area contributed by atoms with Crippen molar-refractivity contribution >= 4 is 24.2 Å². The third-order valence-corrected chi connectivity index (χ3v) is 23.3. The number of rotatable bonds is 10. The number of hydrogen-bond acceptors (Lipinski definition) is 1. The van der Waals surface area contributed by atoms with Gasteiger partial charge in [0, 0.05) is 0 Å². The van der Waals surface area contributed by atoms with Gasteiger partial charge in [-0.05, 0) is 0 Å². The molecule has 0 amide bonds. The van der Waals surface area contributed by atoms with E-state index in [1.165, 1.54) is 57.4 Å². The zero-order valence-corrected chi connectivity index (χ0v) is 19.5. The maximum absolute atomic E-state index is 12.5. The first kappa shape index (κ1) is 21.3. The Morgan fingerprint density at radius 2 is 1.35 bits per heavy atom. The minimum atomic E-state index is -2.47. The van der Waals surface area contributed by atoms with Gasteiger partial charge in [0.25, 0.3) is 0 Å². The Balaban J connectivity index is 3.36. The number of Topliss-reactive ketones (excluding diaryl/α,β-unsaturated/α-hetero) is 1. The van der Waals surface area contributed by atoms with Crippen LogP contribution in [-0.2, 0) is 4.79 Å². The zero-order chi connectivity index (χ0) is 17.5. The van der Waals surface area contributed by atoms with Crippen LogP contribution >= 0.6 is 0 Å². The van der Waals surface area contributed by atoms with E-state index in [1.54, 1.807) is 3.59 Å². The summed E-state index contributed by atoms with van der Waals surface area (Å²) >= 11 is -2.47. The van der Waals surface area contributed by atoms with Crippen LogP contribution in [0.25, 0.3) is 0 Å². The number of hydrogen-bond donors (Lipinski definition) is 0. The van der Waals surface area contributed by atoms with Crippen molar-refractivity contribution in [2.75, 3.05) is 0 Å². The second-order valence-corrected chi connectivity index (χ2v) is 21.4. The molecule has 1 rings (SSSR count). The van der Waals surface area contributed by atoms with E-state index in [-0.39, 0.29) is 5.41 Å². The summed E-state index contributed by atoms with van der Waals surface area (Å²) in [5.41, 5.74) is 1.49. The molecule has 0 aromatic heterocycles. The van der Waals surface area contributed by atoms with Gasteiger partial charge in [0.2, 0.25) is 0 Å². The van der Waals surface area contributed by atoms with E-state index in [1.807, 2.05) is 0 Å². The van der Waals surface area contributed by atoms with E-state index in [0.717, 1.165) is 12.8 Å². The average Bonchev–Trinajstić information content (AvgIpc) is 2.52. The molecule has 0 bridgehead atoms. The fourth-order valence-electron chi connectivity index (χ4n) is 4.80. The van der Waals surface area contributed by atoms with Crippen LogP contribution in [0.15, 0.2) is 9.16 Å². The SMILES string of the molecule is CCC[CH2][Sn]([CH2]CCC)([CH2]CCC)[C]1=C(C)C(=O)CCC1(C)C. The Hall–Kier alpha value is 0.209. The van der Waals surface area contributed by atoms with E-state index >= 15 is 0 Å². The molecule has 0 heterocycles. The van der Waals surface area contributed by atoms with Crippen molar-refractivity contribution in [3.05, 3.63) is 9.16 Å². The first-order valence-electron chi connectivity index (χ1n) is 10.1. The van der Waals surface area contributed by atoms with Crippen LogP contribution in [0.5, 0.6) is 0 Å². The van der Waals surface area contributed by atoms with Gasteiger partial charge in [-0.2, -0.15) is 0 Å². The van der Waals surface area contributed by atoms with Crippen molar-refractivity contribution in [1.29, 1.82) is 0 Å². The number of ketones is 1. The van der Waals surface area contributed by atoms with Crippen LogP contribution in [-0.4, -0.2) is 24.2 Å². The van der Waals surface area contributed by atoms with E-state index in [0.29, 0.717) is 5.78 Å². The fraction of sp³-hybridized carbons (Fsp3) is 0.857. The molecule has 1 aliphatic carbocycles. The van der Waals surface area contributed by atoms with Crippen LogP contribution < -0.4 is 0 Å². The number of carbonyl (C=O) groups excluding carboxylic acids is 1. The summed E-state index contributed by atoms with van der Waals surface area (Å²) in [5, 5.41) is 0. The van der Waals surface area contributed by atoms with E-state index in [4.69, 9.17) is 0 Å². The molecule has 0 aromatic rings. The quantitative estimate of drug-likeness (QED) is 0.341. The third-order valence-electron chi connectivity index (χ3n) is 6.00. The van der Waals surface area contributed by atoms with E-state index in [9.17, 15) is 4.79 Å². The number of unbranched alkanes of at least 4 members (excludes halogenated alkanes) is 3. The summed E-state index contributed by atoms with van der Waals surface area (Å²) in [4.78, 5) is 12.5. The molecule has 1 nitrogen and oxygen atoms in total. The van der Waals surface area contributed by atoms with Gasteiger partial charge < -0.3 is 0 Å². The minimum absolute atomic E-state index is 0.281. The molecule has 0 fully saturated rings. The summed E-state index contributed by atoms with van der Waals surface area (Å²) < 4.78 is 6.19. The van der Waals surface area contributed by atoms with Gasteiger partial charge in [0.15, 0.2) is 0 Å². The van der Waals surface area contributed by atoms with Crippen molar-refractivity contribution in [3.8, 4) is 0 Å². The van der Waals surface area contributed by atoms with Crippen LogP contribution in [0.1, 0.15) is 92.9 Å².